The average molecular weight is 283 g/mol. The van der Waals surface area contributed by atoms with E-state index in [1.165, 1.54) is 17.2 Å². The van der Waals surface area contributed by atoms with E-state index in [4.69, 9.17) is 5.73 Å². The molecule has 0 heterocycles. The van der Waals surface area contributed by atoms with E-state index >= 15 is 0 Å². The van der Waals surface area contributed by atoms with Gasteiger partial charge in [0.1, 0.15) is 5.82 Å². The molecular weight excluding hydrogens is 261 g/mol. The molecular formula is C19H22FN. The summed E-state index contributed by atoms with van der Waals surface area (Å²) in [6.45, 7) is 2.03. The molecule has 3 rings (SSSR count). The van der Waals surface area contributed by atoms with Crippen molar-refractivity contribution in [1.82, 2.24) is 0 Å². The molecule has 0 saturated carbocycles. The summed E-state index contributed by atoms with van der Waals surface area (Å²) < 4.78 is 13.4. The maximum Gasteiger partial charge on any atom is 0.123 e. The van der Waals surface area contributed by atoms with Gasteiger partial charge < -0.3 is 5.73 Å². The molecule has 0 fully saturated rings. The van der Waals surface area contributed by atoms with Crippen LogP contribution in [0.15, 0.2) is 42.5 Å². The number of rotatable bonds is 3. The van der Waals surface area contributed by atoms with Crippen molar-refractivity contribution in [2.45, 2.75) is 38.6 Å². The van der Waals surface area contributed by atoms with Crippen LogP contribution >= 0.6 is 0 Å². The molecule has 0 radical (unpaired) electrons. The minimum absolute atomic E-state index is 0.0962. The smallest absolute Gasteiger partial charge is 0.123 e. The number of hydrogen-bond acceptors (Lipinski definition) is 1. The van der Waals surface area contributed by atoms with E-state index in [2.05, 4.69) is 24.3 Å². The van der Waals surface area contributed by atoms with Gasteiger partial charge in [-0.3, -0.25) is 0 Å². The number of nitrogens with two attached hydrogens (primary N) is 1. The largest absolute Gasteiger partial charge is 0.327 e. The van der Waals surface area contributed by atoms with Crippen molar-refractivity contribution in [2.75, 3.05) is 0 Å². The maximum atomic E-state index is 13.4. The Kier molecular flexibility index (Phi) is 4.07. The highest BCUT2D eigenvalue weighted by Crippen LogP contribution is 2.28. The number of fused-ring (bicyclic) bond motifs is 1. The summed E-state index contributed by atoms with van der Waals surface area (Å²) in [4.78, 5) is 0. The number of halogens is 1. The molecule has 110 valence electrons. The number of benzene rings is 2. The van der Waals surface area contributed by atoms with Crippen molar-refractivity contribution >= 4 is 0 Å². The summed E-state index contributed by atoms with van der Waals surface area (Å²) in [6, 6.07) is 13.7. The fraction of sp³-hybridized carbons (Fsp3) is 0.368. The SMILES string of the molecule is Cc1ccc(F)cc1CC(N)C1CCc2ccccc2C1. The van der Waals surface area contributed by atoms with Crippen LogP contribution in [0.4, 0.5) is 4.39 Å². The van der Waals surface area contributed by atoms with E-state index in [0.717, 1.165) is 36.8 Å². The Morgan fingerprint density at radius 2 is 1.95 bits per heavy atom. The Morgan fingerprint density at radius 3 is 2.76 bits per heavy atom. The first-order valence-corrected chi connectivity index (χ1v) is 7.71. The topological polar surface area (TPSA) is 26.0 Å². The van der Waals surface area contributed by atoms with Gasteiger partial charge >= 0.3 is 0 Å². The zero-order valence-corrected chi connectivity index (χ0v) is 12.5. The highest BCUT2D eigenvalue weighted by atomic mass is 19.1. The van der Waals surface area contributed by atoms with E-state index in [0.29, 0.717) is 5.92 Å². The molecule has 2 heteroatoms. The summed E-state index contributed by atoms with van der Waals surface area (Å²) in [5, 5.41) is 0. The highest BCUT2D eigenvalue weighted by Gasteiger charge is 2.24. The Hall–Kier alpha value is -1.67. The standard InChI is InChI=1S/C19H22FN/c1-13-6-9-18(20)11-17(13)12-19(21)16-8-7-14-4-2-3-5-15(14)10-16/h2-6,9,11,16,19H,7-8,10,12,21H2,1H3. The van der Waals surface area contributed by atoms with Crippen LogP contribution in [0.25, 0.3) is 0 Å². The Morgan fingerprint density at radius 1 is 1.19 bits per heavy atom. The average Bonchev–Trinajstić information content (AvgIpc) is 2.50. The van der Waals surface area contributed by atoms with Crippen molar-refractivity contribution in [3.05, 3.63) is 70.5 Å². The van der Waals surface area contributed by atoms with E-state index in [1.807, 2.05) is 13.0 Å². The summed E-state index contributed by atoms with van der Waals surface area (Å²) in [7, 11) is 0. The molecule has 2 atom stereocenters. The zero-order valence-electron chi connectivity index (χ0n) is 12.5. The van der Waals surface area contributed by atoms with Crippen LogP contribution in [0.5, 0.6) is 0 Å². The van der Waals surface area contributed by atoms with Gasteiger partial charge in [-0.05, 0) is 72.9 Å². The number of aryl methyl sites for hydroxylation is 2. The van der Waals surface area contributed by atoms with Crippen molar-refractivity contribution in [1.29, 1.82) is 0 Å². The van der Waals surface area contributed by atoms with Crippen molar-refractivity contribution < 1.29 is 4.39 Å². The molecule has 0 amide bonds. The normalized spacial score (nSPS) is 19.1. The molecule has 0 aromatic heterocycles. The van der Waals surface area contributed by atoms with Crippen LogP contribution in [0, 0.1) is 18.7 Å². The lowest BCUT2D eigenvalue weighted by molar-refractivity contribution is 0.372. The third-order valence-electron chi connectivity index (χ3n) is 4.76. The predicted octanol–water partition coefficient (Wildman–Crippen LogP) is 3.81. The van der Waals surface area contributed by atoms with Gasteiger partial charge in [0.05, 0.1) is 0 Å². The fourth-order valence-electron chi connectivity index (χ4n) is 3.37. The first-order valence-electron chi connectivity index (χ1n) is 7.71. The first kappa shape index (κ1) is 14.3. The lowest BCUT2D eigenvalue weighted by Crippen LogP contribution is -2.36. The van der Waals surface area contributed by atoms with Gasteiger partial charge in [0, 0.05) is 6.04 Å². The Balaban J connectivity index is 1.72. The fourth-order valence-corrected chi connectivity index (χ4v) is 3.37. The monoisotopic (exact) mass is 283 g/mol. The molecule has 0 aliphatic heterocycles. The van der Waals surface area contributed by atoms with Gasteiger partial charge in [-0.1, -0.05) is 30.3 Å². The van der Waals surface area contributed by atoms with Gasteiger partial charge in [-0.25, -0.2) is 4.39 Å². The van der Waals surface area contributed by atoms with Crippen molar-refractivity contribution in [3.63, 3.8) is 0 Å². The molecule has 21 heavy (non-hydrogen) atoms. The van der Waals surface area contributed by atoms with Gasteiger partial charge in [0.15, 0.2) is 0 Å². The van der Waals surface area contributed by atoms with E-state index < -0.39 is 0 Å². The maximum absolute atomic E-state index is 13.4. The minimum Gasteiger partial charge on any atom is -0.327 e. The van der Waals surface area contributed by atoms with Crippen LogP contribution in [-0.2, 0) is 19.3 Å². The molecule has 1 nitrogen and oxygen atoms in total. The minimum atomic E-state index is -0.170. The van der Waals surface area contributed by atoms with Crippen LogP contribution in [-0.4, -0.2) is 6.04 Å². The van der Waals surface area contributed by atoms with E-state index in [-0.39, 0.29) is 11.9 Å². The summed E-state index contributed by atoms with van der Waals surface area (Å²) in [5.41, 5.74) is 11.5. The molecule has 2 aromatic carbocycles. The second-order valence-corrected chi connectivity index (χ2v) is 6.21. The molecule has 1 aliphatic carbocycles. The van der Waals surface area contributed by atoms with Gasteiger partial charge in [0.2, 0.25) is 0 Å². The zero-order chi connectivity index (χ0) is 14.8. The van der Waals surface area contributed by atoms with Gasteiger partial charge in [0.25, 0.3) is 0 Å². The first-order chi connectivity index (χ1) is 10.1. The van der Waals surface area contributed by atoms with Crippen molar-refractivity contribution in [3.8, 4) is 0 Å². The quantitative estimate of drug-likeness (QED) is 0.910. The van der Waals surface area contributed by atoms with Crippen LogP contribution in [0.3, 0.4) is 0 Å². The summed E-state index contributed by atoms with van der Waals surface area (Å²) in [5.74, 6) is 0.319. The highest BCUT2D eigenvalue weighted by molar-refractivity contribution is 5.31. The summed E-state index contributed by atoms with van der Waals surface area (Å²) >= 11 is 0. The molecule has 2 N–H and O–H groups in total. The lowest BCUT2D eigenvalue weighted by atomic mass is 9.78. The molecule has 0 bridgehead atoms. The molecule has 0 spiro atoms. The Labute approximate surface area is 126 Å². The van der Waals surface area contributed by atoms with E-state index in [9.17, 15) is 4.39 Å². The predicted molar refractivity (Wildman–Crippen MR) is 84.8 cm³/mol. The van der Waals surface area contributed by atoms with Gasteiger partial charge in [-0.2, -0.15) is 0 Å². The van der Waals surface area contributed by atoms with Crippen molar-refractivity contribution in [2.24, 2.45) is 11.7 Å². The van der Waals surface area contributed by atoms with Gasteiger partial charge in [-0.15, -0.1) is 0 Å². The second kappa shape index (κ2) is 5.98. The third-order valence-corrected chi connectivity index (χ3v) is 4.76. The second-order valence-electron chi connectivity index (χ2n) is 6.21. The molecule has 0 saturated heterocycles. The lowest BCUT2D eigenvalue weighted by Gasteiger charge is -2.29. The van der Waals surface area contributed by atoms with E-state index in [1.54, 1.807) is 6.07 Å². The molecule has 2 unspecified atom stereocenters. The molecule has 2 aromatic rings. The Bertz CT molecular complexity index is 635. The third kappa shape index (κ3) is 3.16. The summed E-state index contributed by atoms with van der Waals surface area (Å²) in [6.07, 6.45) is 4.05. The van der Waals surface area contributed by atoms with Crippen LogP contribution < -0.4 is 5.73 Å². The van der Waals surface area contributed by atoms with Crippen LogP contribution in [0.1, 0.15) is 28.7 Å². The van der Waals surface area contributed by atoms with Crippen LogP contribution in [0.2, 0.25) is 0 Å². The molecule has 1 aliphatic rings. The number of hydrogen-bond donors (Lipinski definition) is 1.